The molecule has 0 unspecified atom stereocenters. The number of carbonyl (C=O) groups excluding carboxylic acids is 1. The third-order valence-electron chi connectivity index (χ3n) is 2.42. The van der Waals surface area contributed by atoms with Crippen molar-refractivity contribution in [3.05, 3.63) is 19.1 Å². The predicted molar refractivity (Wildman–Crippen MR) is 67.0 cm³/mol. The number of unbranched alkanes of at least 4 members (excludes halogenated alkanes) is 2. The van der Waals surface area contributed by atoms with Crippen LogP contribution < -0.4 is 5.32 Å². The predicted octanol–water partition coefficient (Wildman–Crippen LogP) is 1.33. The van der Waals surface area contributed by atoms with E-state index in [0.29, 0.717) is 13.0 Å². The first-order valence-electron chi connectivity index (χ1n) is 5.42. The molecule has 0 aliphatic rings. The van der Waals surface area contributed by atoms with Crippen LogP contribution in [0.15, 0.2) is 12.7 Å². The Hall–Kier alpha value is -0.880. The lowest BCUT2D eigenvalue weighted by Gasteiger charge is -2.19. The van der Waals surface area contributed by atoms with Crippen LogP contribution in [0.5, 0.6) is 0 Å². The van der Waals surface area contributed by atoms with Crippen LogP contribution in [0.1, 0.15) is 33.1 Å². The summed E-state index contributed by atoms with van der Waals surface area (Å²) in [5, 5.41) is 2.62. The monoisotopic (exact) mass is 262 g/mol. The van der Waals surface area contributed by atoms with Crippen molar-refractivity contribution in [3.63, 3.8) is 0 Å². The Morgan fingerprint density at radius 2 is 2.00 bits per heavy atom. The zero-order valence-corrected chi connectivity index (χ0v) is 11.1. The number of rotatable bonds is 8. The van der Waals surface area contributed by atoms with Crippen LogP contribution in [0.25, 0.3) is 0 Å². The van der Waals surface area contributed by atoms with Crippen LogP contribution >= 0.6 is 0 Å². The molecule has 1 radical (unpaired) electrons. The third kappa shape index (κ3) is 6.43. The number of nitrogens with one attached hydrogen (secondary N) is 1. The highest BCUT2D eigenvalue weighted by Crippen LogP contribution is 2.21. The van der Waals surface area contributed by atoms with Gasteiger partial charge in [-0.1, -0.05) is 13.0 Å². The molecule has 2 N–H and O–H groups in total. The van der Waals surface area contributed by atoms with Gasteiger partial charge in [0.2, 0.25) is 5.91 Å². The second-order valence-electron chi connectivity index (χ2n) is 4.27. The van der Waals surface area contributed by atoms with Crippen LogP contribution in [-0.4, -0.2) is 30.2 Å². The van der Waals surface area contributed by atoms with Crippen molar-refractivity contribution < 1.29 is 17.8 Å². The van der Waals surface area contributed by atoms with E-state index < -0.39 is 14.9 Å². The SMILES string of the molecule is C=CC(=O)NCCCC[CH]C(C)(C)S(=O)(=O)O. The molecule has 0 aliphatic heterocycles. The summed E-state index contributed by atoms with van der Waals surface area (Å²) in [7, 11) is -4.05. The van der Waals surface area contributed by atoms with Gasteiger partial charge < -0.3 is 5.32 Å². The van der Waals surface area contributed by atoms with E-state index in [-0.39, 0.29) is 5.91 Å². The molecule has 0 spiro atoms. The molecule has 0 bridgehead atoms. The fraction of sp³-hybridized carbons (Fsp3) is 0.636. The van der Waals surface area contributed by atoms with Gasteiger partial charge in [0.25, 0.3) is 10.1 Å². The molecule has 0 aromatic carbocycles. The Bertz CT molecular complexity index is 360. The minimum Gasteiger partial charge on any atom is -0.353 e. The second kappa shape index (κ2) is 6.76. The molecule has 0 aliphatic carbocycles. The maximum Gasteiger partial charge on any atom is 0.270 e. The Morgan fingerprint density at radius 3 is 2.47 bits per heavy atom. The number of hydrogen-bond donors (Lipinski definition) is 2. The second-order valence-corrected chi connectivity index (χ2v) is 6.28. The smallest absolute Gasteiger partial charge is 0.270 e. The Balaban J connectivity index is 3.73. The van der Waals surface area contributed by atoms with E-state index in [4.69, 9.17) is 4.55 Å². The number of hydrogen-bond acceptors (Lipinski definition) is 3. The van der Waals surface area contributed by atoms with E-state index in [1.54, 1.807) is 6.42 Å². The molecular weight excluding hydrogens is 242 g/mol. The zero-order valence-electron chi connectivity index (χ0n) is 10.3. The first kappa shape index (κ1) is 16.1. The minimum atomic E-state index is -4.05. The van der Waals surface area contributed by atoms with Crippen LogP contribution in [0.4, 0.5) is 0 Å². The molecule has 0 heterocycles. The largest absolute Gasteiger partial charge is 0.353 e. The summed E-state index contributed by atoms with van der Waals surface area (Å²) in [4.78, 5) is 10.8. The molecule has 0 aromatic rings. The van der Waals surface area contributed by atoms with Gasteiger partial charge in [-0.2, -0.15) is 8.42 Å². The van der Waals surface area contributed by atoms with Gasteiger partial charge >= 0.3 is 0 Å². The summed E-state index contributed by atoms with van der Waals surface area (Å²) < 4.78 is 29.6. The van der Waals surface area contributed by atoms with Crippen molar-refractivity contribution >= 4 is 16.0 Å². The van der Waals surface area contributed by atoms with Gasteiger partial charge in [-0.3, -0.25) is 9.35 Å². The summed E-state index contributed by atoms with van der Waals surface area (Å²) in [6, 6.07) is 0. The lowest BCUT2D eigenvalue weighted by atomic mass is 10.0. The van der Waals surface area contributed by atoms with Crippen molar-refractivity contribution in [1.29, 1.82) is 0 Å². The van der Waals surface area contributed by atoms with Gasteiger partial charge in [-0.25, -0.2) is 0 Å². The van der Waals surface area contributed by atoms with Crippen molar-refractivity contribution in [3.8, 4) is 0 Å². The number of amides is 1. The summed E-state index contributed by atoms with van der Waals surface area (Å²) in [6.07, 6.45) is 4.83. The van der Waals surface area contributed by atoms with Gasteiger partial charge in [0, 0.05) is 6.54 Å². The standard InChI is InChI=1S/C11H20NO4S/c1-4-10(13)12-9-7-5-6-8-11(2,3)17(14,15)16/h4,8H,1,5-7,9H2,2-3H3,(H,12,13)(H,14,15,16). The topological polar surface area (TPSA) is 83.5 Å². The summed E-state index contributed by atoms with van der Waals surface area (Å²) in [6.45, 7) is 6.75. The number of carbonyl (C=O) groups is 1. The Morgan fingerprint density at radius 1 is 1.41 bits per heavy atom. The molecule has 99 valence electrons. The average molecular weight is 262 g/mol. The van der Waals surface area contributed by atoms with Gasteiger partial charge in [-0.05, 0) is 39.2 Å². The molecular formula is C11H20NO4S. The summed E-state index contributed by atoms with van der Waals surface area (Å²) in [5.41, 5.74) is 0. The lowest BCUT2D eigenvalue weighted by Crippen LogP contribution is -2.31. The summed E-state index contributed by atoms with van der Waals surface area (Å²) in [5.74, 6) is -0.216. The Labute approximate surface area is 103 Å². The lowest BCUT2D eigenvalue weighted by molar-refractivity contribution is -0.116. The zero-order chi connectivity index (χ0) is 13.5. The van der Waals surface area contributed by atoms with E-state index in [1.807, 2.05) is 0 Å². The maximum atomic E-state index is 11.0. The normalized spacial score (nSPS) is 12.2. The van der Waals surface area contributed by atoms with E-state index in [0.717, 1.165) is 12.8 Å². The van der Waals surface area contributed by atoms with Crippen LogP contribution in [0.2, 0.25) is 0 Å². The quantitative estimate of drug-likeness (QED) is 0.393. The highest BCUT2D eigenvalue weighted by molar-refractivity contribution is 7.87. The minimum absolute atomic E-state index is 0.216. The van der Waals surface area contributed by atoms with E-state index in [9.17, 15) is 13.2 Å². The van der Waals surface area contributed by atoms with Crippen molar-refractivity contribution in [2.45, 2.75) is 37.9 Å². The molecule has 17 heavy (non-hydrogen) atoms. The Kier molecular flexibility index (Phi) is 6.41. The first-order valence-corrected chi connectivity index (χ1v) is 6.86. The summed E-state index contributed by atoms with van der Waals surface area (Å²) >= 11 is 0. The van der Waals surface area contributed by atoms with Crippen LogP contribution in [0.3, 0.4) is 0 Å². The molecule has 0 saturated heterocycles. The molecule has 0 rings (SSSR count). The van der Waals surface area contributed by atoms with Crippen molar-refractivity contribution in [2.75, 3.05) is 6.54 Å². The van der Waals surface area contributed by atoms with E-state index in [1.165, 1.54) is 19.9 Å². The molecule has 6 heteroatoms. The molecule has 5 nitrogen and oxygen atoms in total. The van der Waals surface area contributed by atoms with Gasteiger partial charge in [-0.15, -0.1) is 0 Å². The molecule has 0 fully saturated rings. The first-order chi connectivity index (χ1) is 7.70. The van der Waals surface area contributed by atoms with Gasteiger partial charge in [0.15, 0.2) is 0 Å². The molecule has 0 atom stereocenters. The maximum absolute atomic E-state index is 11.0. The van der Waals surface area contributed by atoms with E-state index >= 15 is 0 Å². The highest BCUT2D eigenvalue weighted by Gasteiger charge is 2.31. The highest BCUT2D eigenvalue weighted by atomic mass is 32.2. The van der Waals surface area contributed by atoms with Crippen molar-refractivity contribution in [2.24, 2.45) is 0 Å². The van der Waals surface area contributed by atoms with Gasteiger partial charge in [0.05, 0.1) is 4.75 Å². The molecule has 0 aromatic heterocycles. The average Bonchev–Trinajstić information content (AvgIpc) is 2.21. The van der Waals surface area contributed by atoms with Gasteiger partial charge in [0.1, 0.15) is 0 Å². The fourth-order valence-electron chi connectivity index (χ4n) is 1.11. The third-order valence-corrected chi connectivity index (χ3v) is 3.91. The van der Waals surface area contributed by atoms with Crippen LogP contribution in [-0.2, 0) is 14.9 Å². The van der Waals surface area contributed by atoms with Crippen LogP contribution in [0, 0.1) is 6.42 Å². The van der Waals surface area contributed by atoms with Crippen molar-refractivity contribution in [1.82, 2.24) is 5.32 Å². The fourth-order valence-corrected chi connectivity index (χ4v) is 1.44. The molecule has 1 amide bonds. The van der Waals surface area contributed by atoms with E-state index in [2.05, 4.69) is 11.9 Å². The molecule has 0 saturated carbocycles.